The normalized spacial score (nSPS) is 11.9. The minimum absolute atomic E-state index is 0.156. The first-order valence-electron chi connectivity index (χ1n) is 8.03. The van der Waals surface area contributed by atoms with Crippen LogP contribution in [0.2, 0.25) is 5.02 Å². The van der Waals surface area contributed by atoms with Crippen LogP contribution in [0.25, 0.3) is 11.3 Å². The maximum Gasteiger partial charge on any atom is 0.328 e. The van der Waals surface area contributed by atoms with Gasteiger partial charge in [0.05, 0.1) is 12.8 Å². The summed E-state index contributed by atoms with van der Waals surface area (Å²) in [6, 6.07) is 9.09. The number of aromatic nitrogens is 2. The minimum atomic E-state index is -0.789. The molecule has 8 heteroatoms. The lowest BCUT2D eigenvalue weighted by molar-refractivity contribution is -0.146. The molecule has 0 radical (unpaired) electrons. The number of amides is 1. The fraction of sp³-hybridized carbons (Fsp3) is 0.333. The number of hydrogen-bond donors (Lipinski definition) is 1. The number of benzene rings is 1. The third-order valence-corrected chi connectivity index (χ3v) is 3.99. The van der Waals surface area contributed by atoms with Crippen LogP contribution in [0.3, 0.4) is 0 Å². The van der Waals surface area contributed by atoms with Crippen molar-refractivity contribution in [3.63, 3.8) is 0 Å². The molecule has 0 fully saturated rings. The van der Waals surface area contributed by atoms with Gasteiger partial charge in [-0.2, -0.15) is 5.10 Å². The highest BCUT2D eigenvalue weighted by Gasteiger charge is 2.25. The van der Waals surface area contributed by atoms with Gasteiger partial charge in [-0.05, 0) is 24.1 Å². The van der Waals surface area contributed by atoms with E-state index in [-0.39, 0.29) is 12.5 Å². The van der Waals surface area contributed by atoms with Crippen molar-refractivity contribution in [2.45, 2.75) is 26.4 Å². The SMILES string of the molecule is COC(=O)[C@H](NC(=O)Cn1nc(-c2ccc(Cl)cc2)ccc1=O)C(C)C. The number of nitrogens with zero attached hydrogens (tertiary/aromatic N) is 2. The van der Waals surface area contributed by atoms with E-state index in [1.807, 2.05) is 0 Å². The van der Waals surface area contributed by atoms with Gasteiger partial charge in [-0.15, -0.1) is 0 Å². The maximum atomic E-state index is 12.3. The number of nitrogens with one attached hydrogen (secondary N) is 1. The summed E-state index contributed by atoms with van der Waals surface area (Å²) in [7, 11) is 1.26. The van der Waals surface area contributed by atoms with Gasteiger partial charge in [0, 0.05) is 16.7 Å². The van der Waals surface area contributed by atoms with E-state index in [1.54, 1.807) is 44.2 Å². The monoisotopic (exact) mass is 377 g/mol. The highest BCUT2D eigenvalue weighted by atomic mass is 35.5. The van der Waals surface area contributed by atoms with E-state index in [0.29, 0.717) is 10.7 Å². The van der Waals surface area contributed by atoms with Crippen LogP contribution in [0.5, 0.6) is 0 Å². The highest BCUT2D eigenvalue weighted by molar-refractivity contribution is 6.30. The van der Waals surface area contributed by atoms with Crippen LogP contribution in [0, 0.1) is 5.92 Å². The number of rotatable bonds is 6. The first-order chi connectivity index (χ1) is 12.3. The van der Waals surface area contributed by atoms with Gasteiger partial charge in [0.15, 0.2) is 0 Å². The lowest BCUT2D eigenvalue weighted by Crippen LogP contribution is -2.47. The summed E-state index contributed by atoms with van der Waals surface area (Å²) >= 11 is 5.87. The minimum Gasteiger partial charge on any atom is -0.467 e. The van der Waals surface area contributed by atoms with Crippen LogP contribution < -0.4 is 10.9 Å². The maximum absolute atomic E-state index is 12.3. The second-order valence-corrected chi connectivity index (χ2v) is 6.47. The number of carbonyl (C=O) groups excluding carboxylic acids is 2. The summed E-state index contributed by atoms with van der Waals surface area (Å²) in [5, 5.41) is 7.38. The van der Waals surface area contributed by atoms with Crippen molar-refractivity contribution in [2.24, 2.45) is 5.92 Å². The summed E-state index contributed by atoms with van der Waals surface area (Å²) in [5.74, 6) is -1.20. The third-order valence-electron chi connectivity index (χ3n) is 3.74. The van der Waals surface area contributed by atoms with Crippen molar-refractivity contribution in [1.82, 2.24) is 15.1 Å². The number of halogens is 1. The lowest BCUT2D eigenvalue weighted by Gasteiger charge is -2.19. The standard InChI is InChI=1S/C18H20ClN3O4/c1-11(2)17(18(25)26-3)20-15(23)10-22-16(24)9-8-14(21-22)12-4-6-13(19)7-5-12/h4-9,11,17H,10H2,1-3H3,(H,20,23)/t17-/m1/s1. The molecule has 7 nitrogen and oxygen atoms in total. The van der Waals surface area contributed by atoms with E-state index in [0.717, 1.165) is 10.2 Å². The zero-order valence-electron chi connectivity index (χ0n) is 14.7. The molecule has 0 aliphatic rings. The predicted molar refractivity (Wildman–Crippen MR) is 97.7 cm³/mol. The van der Waals surface area contributed by atoms with Gasteiger partial charge < -0.3 is 10.1 Å². The molecule has 1 heterocycles. The Balaban J connectivity index is 2.19. The van der Waals surface area contributed by atoms with Gasteiger partial charge in [-0.25, -0.2) is 9.48 Å². The van der Waals surface area contributed by atoms with Crippen LogP contribution in [-0.4, -0.2) is 34.8 Å². The highest BCUT2D eigenvalue weighted by Crippen LogP contribution is 2.18. The third kappa shape index (κ3) is 4.92. The Hall–Kier alpha value is -2.67. The van der Waals surface area contributed by atoms with Crippen molar-refractivity contribution in [1.29, 1.82) is 0 Å². The second-order valence-electron chi connectivity index (χ2n) is 6.03. The first kappa shape index (κ1) is 19.7. The molecule has 1 aromatic heterocycles. The van der Waals surface area contributed by atoms with E-state index in [1.165, 1.54) is 13.2 Å². The first-order valence-corrected chi connectivity index (χ1v) is 8.41. The Kier molecular flexibility index (Phi) is 6.52. The number of esters is 1. The average Bonchev–Trinajstić information content (AvgIpc) is 2.61. The number of methoxy groups -OCH3 is 1. The number of carbonyl (C=O) groups is 2. The van der Waals surface area contributed by atoms with Gasteiger partial charge in [0.25, 0.3) is 5.56 Å². The molecular formula is C18H20ClN3O4. The topological polar surface area (TPSA) is 90.3 Å². The molecule has 1 atom stereocenters. The Morgan fingerprint density at radius 1 is 1.19 bits per heavy atom. The molecule has 1 N–H and O–H groups in total. The summed E-state index contributed by atoms with van der Waals surface area (Å²) in [6.07, 6.45) is 0. The zero-order chi connectivity index (χ0) is 19.3. The fourth-order valence-electron chi connectivity index (χ4n) is 2.32. The van der Waals surface area contributed by atoms with Crippen LogP contribution >= 0.6 is 11.6 Å². The van der Waals surface area contributed by atoms with Crippen LogP contribution in [0.4, 0.5) is 0 Å². The molecule has 138 valence electrons. The predicted octanol–water partition coefficient (Wildman–Crippen LogP) is 1.88. The Morgan fingerprint density at radius 2 is 1.85 bits per heavy atom. The fourth-order valence-corrected chi connectivity index (χ4v) is 2.44. The molecule has 0 spiro atoms. The molecule has 1 aromatic carbocycles. The van der Waals surface area contributed by atoms with Crippen molar-refractivity contribution in [3.8, 4) is 11.3 Å². The van der Waals surface area contributed by atoms with Gasteiger partial charge in [0.1, 0.15) is 12.6 Å². The van der Waals surface area contributed by atoms with Crippen molar-refractivity contribution in [2.75, 3.05) is 7.11 Å². The van der Waals surface area contributed by atoms with Gasteiger partial charge in [0.2, 0.25) is 5.91 Å². The summed E-state index contributed by atoms with van der Waals surface area (Å²) in [5.41, 5.74) is 0.873. The zero-order valence-corrected chi connectivity index (χ0v) is 15.5. The summed E-state index contributed by atoms with van der Waals surface area (Å²) in [6.45, 7) is 3.27. The molecule has 2 aromatic rings. The molecule has 1 amide bonds. The number of hydrogen-bond acceptors (Lipinski definition) is 5. The van der Waals surface area contributed by atoms with Crippen molar-refractivity contribution in [3.05, 3.63) is 51.8 Å². The van der Waals surface area contributed by atoms with Gasteiger partial charge in [-0.3, -0.25) is 9.59 Å². The molecule has 0 unspecified atom stereocenters. The Labute approximate surface area is 155 Å². The largest absolute Gasteiger partial charge is 0.467 e. The lowest BCUT2D eigenvalue weighted by atomic mass is 10.0. The molecular weight excluding hydrogens is 358 g/mol. The molecule has 0 bridgehead atoms. The average molecular weight is 378 g/mol. The van der Waals surface area contributed by atoms with Gasteiger partial charge >= 0.3 is 5.97 Å². The van der Waals surface area contributed by atoms with E-state index < -0.39 is 23.5 Å². The quantitative estimate of drug-likeness (QED) is 0.776. The van der Waals surface area contributed by atoms with E-state index in [4.69, 9.17) is 11.6 Å². The van der Waals surface area contributed by atoms with E-state index >= 15 is 0 Å². The van der Waals surface area contributed by atoms with Crippen LogP contribution in [0.1, 0.15) is 13.8 Å². The van der Waals surface area contributed by atoms with Gasteiger partial charge in [-0.1, -0.05) is 37.6 Å². The smallest absolute Gasteiger partial charge is 0.328 e. The second kappa shape index (κ2) is 8.62. The van der Waals surface area contributed by atoms with E-state index in [9.17, 15) is 14.4 Å². The molecule has 26 heavy (non-hydrogen) atoms. The Bertz CT molecular complexity index is 846. The van der Waals surface area contributed by atoms with Crippen molar-refractivity contribution < 1.29 is 14.3 Å². The number of ether oxygens (including phenoxy) is 1. The van der Waals surface area contributed by atoms with Crippen molar-refractivity contribution >= 4 is 23.5 Å². The van der Waals surface area contributed by atoms with Crippen LogP contribution in [-0.2, 0) is 20.9 Å². The van der Waals surface area contributed by atoms with Crippen LogP contribution in [0.15, 0.2) is 41.2 Å². The molecule has 0 aliphatic carbocycles. The molecule has 0 aliphatic heterocycles. The molecule has 0 saturated carbocycles. The van der Waals surface area contributed by atoms with E-state index in [2.05, 4.69) is 15.2 Å². The molecule has 2 rings (SSSR count). The Morgan fingerprint density at radius 3 is 2.42 bits per heavy atom. The molecule has 0 saturated heterocycles. The summed E-state index contributed by atoms with van der Waals surface area (Å²) in [4.78, 5) is 36.0. The summed E-state index contributed by atoms with van der Waals surface area (Å²) < 4.78 is 5.74.